The number of para-hydroxylation sites is 2. The average molecular weight is 274 g/mol. The van der Waals surface area contributed by atoms with Crippen molar-refractivity contribution in [3.63, 3.8) is 0 Å². The first-order chi connectivity index (χ1) is 10.3. The fourth-order valence-corrected chi connectivity index (χ4v) is 2.55. The number of nitrogens with one attached hydrogen (secondary N) is 2. The van der Waals surface area contributed by atoms with Gasteiger partial charge in [0.1, 0.15) is 5.82 Å². The van der Waals surface area contributed by atoms with Crippen LogP contribution >= 0.6 is 0 Å². The van der Waals surface area contributed by atoms with Crippen LogP contribution in [0.25, 0.3) is 38.2 Å². The number of aromatic nitrogens is 3. The number of aromatic hydroxyl groups is 1. The summed E-state index contributed by atoms with van der Waals surface area (Å²) < 4.78 is 0. The van der Waals surface area contributed by atoms with Crippen molar-refractivity contribution in [3.8, 4) is 17.3 Å². The molecule has 5 heteroatoms. The Kier molecular flexibility index (Phi) is 2.27. The Labute approximate surface area is 119 Å². The van der Waals surface area contributed by atoms with Gasteiger partial charge in [-0.3, -0.25) is 0 Å². The Morgan fingerprint density at radius 2 is 1.90 bits per heavy atom. The minimum atomic E-state index is 0.0474. The molecule has 0 aliphatic carbocycles. The van der Waals surface area contributed by atoms with Crippen LogP contribution in [0, 0.1) is 6.57 Å². The summed E-state index contributed by atoms with van der Waals surface area (Å²) >= 11 is 0. The highest BCUT2D eigenvalue weighted by Gasteiger charge is 2.16. The van der Waals surface area contributed by atoms with Crippen molar-refractivity contribution in [1.29, 1.82) is 0 Å². The van der Waals surface area contributed by atoms with Crippen LogP contribution in [-0.2, 0) is 0 Å². The Balaban J connectivity index is 2.04. The summed E-state index contributed by atoms with van der Waals surface area (Å²) in [7, 11) is 0. The van der Waals surface area contributed by atoms with Gasteiger partial charge in [0.15, 0.2) is 5.69 Å². The minimum Gasteiger partial charge on any atom is -0.494 e. The number of nitrogens with zero attached hydrogens (tertiary/aromatic N) is 2. The number of hydrogen-bond acceptors (Lipinski definition) is 2. The van der Waals surface area contributed by atoms with Crippen molar-refractivity contribution < 1.29 is 5.11 Å². The van der Waals surface area contributed by atoms with Crippen LogP contribution in [-0.4, -0.2) is 20.1 Å². The van der Waals surface area contributed by atoms with Crippen molar-refractivity contribution in [2.24, 2.45) is 0 Å². The molecule has 0 fully saturated rings. The summed E-state index contributed by atoms with van der Waals surface area (Å²) in [5.74, 6) is 0.633. The van der Waals surface area contributed by atoms with Gasteiger partial charge in [-0.2, -0.15) is 0 Å². The maximum atomic E-state index is 10.2. The van der Waals surface area contributed by atoms with Crippen LogP contribution in [0.4, 0.5) is 5.69 Å². The van der Waals surface area contributed by atoms with E-state index in [0.717, 1.165) is 21.9 Å². The van der Waals surface area contributed by atoms with Gasteiger partial charge < -0.3 is 15.1 Å². The third-order valence-electron chi connectivity index (χ3n) is 3.52. The zero-order valence-corrected chi connectivity index (χ0v) is 10.9. The Morgan fingerprint density at radius 1 is 1.05 bits per heavy atom. The van der Waals surface area contributed by atoms with Crippen molar-refractivity contribution in [3.05, 3.63) is 53.9 Å². The Hall–Kier alpha value is -3.26. The highest BCUT2D eigenvalue weighted by molar-refractivity contribution is 6.00. The molecule has 4 aromatic rings. The fraction of sp³-hybridized carbons (Fsp3) is 0. The van der Waals surface area contributed by atoms with Crippen LogP contribution in [0.15, 0.2) is 42.5 Å². The number of rotatable bonds is 1. The van der Waals surface area contributed by atoms with Gasteiger partial charge in [-0.1, -0.05) is 18.2 Å². The van der Waals surface area contributed by atoms with Crippen molar-refractivity contribution in [2.45, 2.75) is 0 Å². The quantitative estimate of drug-likeness (QED) is 0.460. The second kappa shape index (κ2) is 4.12. The molecule has 2 heterocycles. The molecule has 0 unspecified atom stereocenters. The molecule has 0 aliphatic heterocycles. The molecule has 0 aliphatic rings. The first-order valence-corrected chi connectivity index (χ1v) is 6.43. The summed E-state index contributed by atoms with van der Waals surface area (Å²) in [4.78, 5) is 14.1. The molecular formula is C16H10N4O. The maximum absolute atomic E-state index is 10.2. The van der Waals surface area contributed by atoms with Crippen molar-refractivity contribution in [1.82, 2.24) is 15.0 Å². The topological polar surface area (TPSA) is 69.1 Å². The lowest BCUT2D eigenvalue weighted by Gasteiger charge is -1.96. The monoisotopic (exact) mass is 274 g/mol. The molecular weight excluding hydrogens is 264 g/mol. The van der Waals surface area contributed by atoms with Crippen LogP contribution < -0.4 is 0 Å². The molecule has 0 radical (unpaired) electrons. The van der Waals surface area contributed by atoms with Gasteiger partial charge in [0.25, 0.3) is 0 Å². The fourth-order valence-electron chi connectivity index (χ4n) is 2.55. The first-order valence-electron chi connectivity index (χ1n) is 6.43. The number of aromatic amines is 2. The largest absolute Gasteiger partial charge is 0.494 e. The van der Waals surface area contributed by atoms with E-state index in [1.165, 1.54) is 0 Å². The molecule has 0 amide bonds. The zero-order valence-electron chi connectivity index (χ0n) is 10.9. The standard InChI is InChI=1S/C16H10N4O/c1-17-9-6-7-11-10(8-9)14(16(21)20-11)15-18-12-4-2-3-5-13(12)19-15/h2-8,20-21H,(H,18,19). The van der Waals surface area contributed by atoms with Crippen LogP contribution in [0.2, 0.25) is 0 Å². The number of imidazole rings is 1. The summed E-state index contributed by atoms with van der Waals surface area (Å²) in [6, 6.07) is 12.9. The van der Waals surface area contributed by atoms with Crippen LogP contribution in [0.1, 0.15) is 0 Å². The predicted octanol–water partition coefficient (Wildman–Crippen LogP) is 3.97. The van der Waals surface area contributed by atoms with Gasteiger partial charge in [-0.25, -0.2) is 9.83 Å². The molecule has 0 saturated heterocycles. The number of H-pyrrole nitrogens is 2. The predicted molar refractivity (Wildman–Crippen MR) is 81.3 cm³/mol. The molecule has 5 nitrogen and oxygen atoms in total. The lowest BCUT2D eigenvalue weighted by molar-refractivity contribution is 0.460. The van der Waals surface area contributed by atoms with Crippen LogP contribution in [0.3, 0.4) is 0 Å². The van der Waals surface area contributed by atoms with E-state index >= 15 is 0 Å². The molecule has 2 aromatic heterocycles. The lowest BCUT2D eigenvalue weighted by Crippen LogP contribution is -1.79. The number of fused-ring (bicyclic) bond motifs is 2. The zero-order chi connectivity index (χ0) is 14.4. The first kappa shape index (κ1) is 11.6. The van der Waals surface area contributed by atoms with E-state index in [2.05, 4.69) is 19.8 Å². The van der Waals surface area contributed by atoms with E-state index in [1.54, 1.807) is 18.2 Å². The molecule has 2 aromatic carbocycles. The van der Waals surface area contributed by atoms with Gasteiger partial charge in [0.05, 0.1) is 23.2 Å². The normalized spacial score (nSPS) is 11.0. The van der Waals surface area contributed by atoms with E-state index < -0.39 is 0 Å². The third kappa shape index (κ3) is 1.66. The van der Waals surface area contributed by atoms with E-state index in [0.29, 0.717) is 17.1 Å². The van der Waals surface area contributed by atoms with Gasteiger partial charge in [0, 0.05) is 10.9 Å². The highest BCUT2D eigenvalue weighted by atomic mass is 16.3. The highest BCUT2D eigenvalue weighted by Crippen LogP contribution is 2.37. The molecule has 21 heavy (non-hydrogen) atoms. The van der Waals surface area contributed by atoms with E-state index in [1.807, 2.05) is 24.3 Å². The van der Waals surface area contributed by atoms with Gasteiger partial charge >= 0.3 is 0 Å². The molecule has 0 atom stereocenters. The summed E-state index contributed by atoms with van der Waals surface area (Å²) in [6.45, 7) is 7.12. The summed E-state index contributed by atoms with van der Waals surface area (Å²) in [5.41, 5.74) is 3.63. The van der Waals surface area contributed by atoms with Gasteiger partial charge in [-0.05, 0) is 24.3 Å². The average Bonchev–Trinajstić information content (AvgIpc) is 3.05. The van der Waals surface area contributed by atoms with Crippen LogP contribution in [0.5, 0.6) is 5.88 Å². The maximum Gasteiger partial charge on any atom is 0.200 e. The Bertz CT molecular complexity index is 987. The molecule has 0 bridgehead atoms. The summed E-state index contributed by atoms with van der Waals surface area (Å²) in [6.07, 6.45) is 0. The van der Waals surface area contributed by atoms with E-state index in [9.17, 15) is 5.11 Å². The molecule has 0 saturated carbocycles. The second-order valence-electron chi connectivity index (χ2n) is 4.79. The van der Waals surface area contributed by atoms with Gasteiger partial charge in [-0.15, -0.1) is 0 Å². The number of hydrogen-bond donors (Lipinski definition) is 3. The second-order valence-corrected chi connectivity index (χ2v) is 4.79. The number of benzene rings is 2. The summed E-state index contributed by atoms with van der Waals surface area (Å²) in [5, 5.41) is 11.0. The molecule has 0 spiro atoms. The lowest BCUT2D eigenvalue weighted by atomic mass is 10.1. The van der Waals surface area contributed by atoms with Crippen molar-refractivity contribution in [2.75, 3.05) is 0 Å². The SMILES string of the molecule is [C-]#[N+]c1ccc2[nH]c(O)c(-c3nc4ccccc4[nH]3)c2c1. The molecule has 100 valence electrons. The van der Waals surface area contributed by atoms with Gasteiger partial charge in [0.2, 0.25) is 5.88 Å². The molecule has 4 rings (SSSR count). The van der Waals surface area contributed by atoms with Crippen molar-refractivity contribution >= 4 is 27.6 Å². The van der Waals surface area contributed by atoms with E-state index in [-0.39, 0.29) is 5.88 Å². The third-order valence-corrected chi connectivity index (χ3v) is 3.52. The Morgan fingerprint density at radius 3 is 2.71 bits per heavy atom. The van der Waals surface area contributed by atoms with E-state index in [4.69, 9.17) is 6.57 Å². The molecule has 3 N–H and O–H groups in total. The smallest absolute Gasteiger partial charge is 0.200 e. The minimum absolute atomic E-state index is 0.0474.